The number of nitrogens with two attached hydrogens (primary N) is 2. The number of carbonyl (C=O) groups is 1. The van der Waals surface area contributed by atoms with Gasteiger partial charge >= 0.3 is 0 Å². The summed E-state index contributed by atoms with van der Waals surface area (Å²) in [7, 11) is 0. The summed E-state index contributed by atoms with van der Waals surface area (Å²) in [5, 5.41) is 7.49. The van der Waals surface area contributed by atoms with Crippen LogP contribution in [0.1, 0.15) is 21.5 Å². The van der Waals surface area contributed by atoms with Crippen molar-refractivity contribution < 1.29 is 13.6 Å². The predicted molar refractivity (Wildman–Crippen MR) is 102 cm³/mol. The van der Waals surface area contributed by atoms with Gasteiger partial charge in [-0.05, 0) is 49.2 Å². The molecule has 0 atom stereocenters. The van der Waals surface area contributed by atoms with Crippen LogP contribution in [0, 0.1) is 36.8 Å². The van der Waals surface area contributed by atoms with E-state index in [0.717, 1.165) is 5.56 Å². The van der Waals surface area contributed by atoms with Gasteiger partial charge in [0.05, 0.1) is 23.3 Å². The van der Waals surface area contributed by atoms with Crippen molar-refractivity contribution in [1.82, 2.24) is 0 Å². The summed E-state index contributed by atoms with van der Waals surface area (Å²) in [5.74, 6) is -1.36. The molecule has 0 aliphatic carbocycles. The molecule has 0 aromatic heterocycles. The van der Waals surface area contributed by atoms with Crippen LogP contribution in [0.5, 0.6) is 0 Å². The molecule has 4 nitrogen and oxygen atoms in total. The third-order valence-corrected chi connectivity index (χ3v) is 3.27. The smallest absolute Gasteiger partial charge is 0.179 e. The van der Waals surface area contributed by atoms with E-state index in [4.69, 9.17) is 39.9 Å². The lowest BCUT2D eigenvalue weighted by Crippen LogP contribution is -2.07. The molecule has 0 heterocycles. The van der Waals surface area contributed by atoms with Crippen LogP contribution < -0.4 is 11.5 Å². The molecule has 4 N–H and O–H groups in total. The van der Waals surface area contributed by atoms with E-state index in [-0.39, 0.29) is 40.3 Å². The van der Waals surface area contributed by atoms with Crippen LogP contribution in [0.2, 0.25) is 0 Å². The Morgan fingerprint density at radius 1 is 1.08 bits per heavy atom. The quantitative estimate of drug-likeness (QED) is 0.436. The van der Waals surface area contributed by atoms with Gasteiger partial charge in [-0.3, -0.25) is 4.79 Å². The Morgan fingerprint density at radius 2 is 1.62 bits per heavy atom. The standard InChI is InChI=1S/C9H9ClFNO.C7H8FN.C2H2ClN/c1-5-2-6(8(13)4-10)9(12)7(11)3-5;1-5-2-3-7(9)6(8)4-5;3-1-2-4/h2-3H,4,12H2,1H3;2-4H,9H2,1H3;1H2. The van der Waals surface area contributed by atoms with Gasteiger partial charge in [0.25, 0.3) is 0 Å². The molecule has 0 fully saturated rings. The lowest BCUT2D eigenvalue weighted by molar-refractivity contribution is 0.102. The van der Waals surface area contributed by atoms with Gasteiger partial charge in [0.2, 0.25) is 0 Å². The number of nitriles is 1. The van der Waals surface area contributed by atoms with E-state index >= 15 is 0 Å². The molecule has 0 spiro atoms. The number of nitrogen functional groups attached to an aromatic ring is 2. The molecule has 140 valence electrons. The molecule has 0 bridgehead atoms. The highest BCUT2D eigenvalue weighted by atomic mass is 35.5. The number of Topliss-reactive ketones (excluding diaryl/α,β-unsaturated/α-hetero) is 1. The zero-order chi connectivity index (χ0) is 20.3. The summed E-state index contributed by atoms with van der Waals surface area (Å²) in [4.78, 5) is 11.2. The molecule has 8 heteroatoms. The van der Waals surface area contributed by atoms with E-state index in [1.54, 1.807) is 25.1 Å². The number of halogens is 4. The van der Waals surface area contributed by atoms with Crippen molar-refractivity contribution in [2.24, 2.45) is 0 Å². The maximum Gasteiger partial charge on any atom is 0.179 e. The Balaban J connectivity index is 0.000000416. The first kappa shape index (κ1) is 23.6. The van der Waals surface area contributed by atoms with Gasteiger partial charge in [0.1, 0.15) is 17.5 Å². The molecule has 0 aliphatic rings. The minimum absolute atomic E-state index is 0.0972. The molecule has 2 aromatic carbocycles. The molecule has 0 amide bonds. The van der Waals surface area contributed by atoms with E-state index in [1.165, 1.54) is 18.2 Å². The number of aryl methyl sites for hydroxylation is 2. The van der Waals surface area contributed by atoms with E-state index in [1.807, 2.05) is 6.92 Å². The highest BCUT2D eigenvalue weighted by Gasteiger charge is 2.12. The highest BCUT2D eigenvalue weighted by molar-refractivity contribution is 6.31. The number of anilines is 2. The van der Waals surface area contributed by atoms with Crippen molar-refractivity contribution >= 4 is 40.4 Å². The van der Waals surface area contributed by atoms with Crippen LogP contribution in [0.4, 0.5) is 20.2 Å². The maximum absolute atomic E-state index is 13.0. The Kier molecular flexibility index (Phi) is 11.0. The van der Waals surface area contributed by atoms with E-state index in [0.29, 0.717) is 5.56 Å². The van der Waals surface area contributed by atoms with E-state index in [9.17, 15) is 13.6 Å². The highest BCUT2D eigenvalue weighted by Crippen LogP contribution is 2.19. The van der Waals surface area contributed by atoms with Crippen LogP contribution in [-0.2, 0) is 0 Å². The molecule has 2 aromatic rings. The average molecular weight is 402 g/mol. The molecule has 26 heavy (non-hydrogen) atoms. The fourth-order valence-corrected chi connectivity index (χ4v) is 1.83. The minimum atomic E-state index is -0.575. The van der Waals surface area contributed by atoms with Gasteiger partial charge in [0.15, 0.2) is 5.78 Å². The van der Waals surface area contributed by atoms with Gasteiger partial charge in [0, 0.05) is 5.56 Å². The fourth-order valence-electron chi connectivity index (χ4n) is 1.69. The summed E-state index contributed by atoms with van der Waals surface area (Å²) >= 11 is 10.2. The van der Waals surface area contributed by atoms with Gasteiger partial charge in [-0.15, -0.1) is 23.2 Å². The lowest BCUT2D eigenvalue weighted by Gasteiger charge is -2.05. The zero-order valence-electron chi connectivity index (χ0n) is 14.3. The first-order valence-corrected chi connectivity index (χ1v) is 8.34. The van der Waals surface area contributed by atoms with Crippen molar-refractivity contribution in [3.8, 4) is 6.07 Å². The zero-order valence-corrected chi connectivity index (χ0v) is 15.8. The topological polar surface area (TPSA) is 92.9 Å². The minimum Gasteiger partial charge on any atom is -0.396 e. The Hall–Kier alpha value is -2.36. The number of carbonyl (C=O) groups excluding carboxylic acids is 1. The number of ketones is 1. The van der Waals surface area contributed by atoms with Gasteiger partial charge in [-0.1, -0.05) is 6.07 Å². The van der Waals surface area contributed by atoms with Crippen molar-refractivity contribution in [3.05, 3.63) is 58.7 Å². The van der Waals surface area contributed by atoms with Crippen molar-refractivity contribution in [2.75, 3.05) is 23.2 Å². The molecule has 0 saturated carbocycles. The van der Waals surface area contributed by atoms with Crippen molar-refractivity contribution in [2.45, 2.75) is 13.8 Å². The molecule has 0 unspecified atom stereocenters. The molecule has 0 radical (unpaired) electrons. The van der Waals surface area contributed by atoms with Gasteiger partial charge < -0.3 is 11.5 Å². The lowest BCUT2D eigenvalue weighted by atomic mass is 10.1. The maximum atomic E-state index is 13.0. The van der Waals surface area contributed by atoms with Crippen LogP contribution in [0.3, 0.4) is 0 Å². The van der Waals surface area contributed by atoms with Crippen LogP contribution in [0.15, 0.2) is 30.3 Å². The SMILES string of the molecule is Cc1cc(F)c(N)c(C(=O)CCl)c1.Cc1ccc(N)c(F)c1.N#CCCl. The number of hydrogen-bond acceptors (Lipinski definition) is 4. The molecule has 0 aliphatic heterocycles. The number of hydrogen-bond donors (Lipinski definition) is 2. The van der Waals surface area contributed by atoms with Gasteiger partial charge in [-0.25, -0.2) is 8.78 Å². The second-order valence-corrected chi connectivity index (χ2v) is 5.62. The van der Waals surface area contributed by atoms with Crippen molar-refractivity contribution in [3.63, 3.8) is 0 Å². The fraction of sp³-hybridized carbons (Fsp3) is 0.222. The number of benzene rings is 2. The molecule has 2 rings (SSSR count). The second kappa shape index (κ2) is 12.1. The Morgan fingerprint density at radius 3 is 2.04 bits per heavy atom. The first-order valence-electron chi connectivity index (χ1n) is 7.27. The van der Waals surface area contributed by atoms with Crippen LogP contribution in [0.25, 0.3) is 0 Å². The normalized spacial score (nSPS) is 9.12. The first-order chi connectivity index (χ1) is 12.2. The molecular formula is C18H19Cl2F2N3O. The summed E-state index contributed by atoms with van der Waals surface area (Å²) in [6.45, 7) is 3.51. The Labute approximate surface area is 161 Å². The number of nitrogens with zero attached hydrogens (tertiary/aromatic N) is 1. The van der Waals surface area contributed by atoms with Crippen LogP contribution in [-0.4, -0.2) is 17.5 Å². The molecular weight excluding hydrogens is 383 g/mol. The predicted octanol–water partition coefficient (Wildman–Crippen LogP) is 4.60. The second-order valence-electron chi connectivity index (χ2n) is 5.08. The van der Waals surface area contributed by atoms with Gasteiger partial charge in [-0.2, -0.15) is 5.26 Å². The summed E-state index contributed by atoms with van der Waals surface area (Å²) in [6, 6.07) is 9.25. The van der Waals surface area contributed by atoms with E-state index < -0.39 is 5.82 Å². The third kappa shape index (κ3) is 8.15. The van der Waals surface area contributed by atoms with E-state index in [2.05, 4.69) is 0 Å². The number of alkyl halides is 2. The largest absolute Gasteiger partial charge is 0.396 e. The summed E-state index contributed by atoms with van der Waals surface area (Å²) in [6.07, 6.45) is 0. The number of rotatable bonds is 2. The summed E-state index contributed by atoms with van der Waals surface area (Å²) in [5.41, 5.74) is 12.4. The Bertz CT molecular complexity index is 793. The third-order valence-electron chi connectivity index (χ3n) is 2.91. The average Bonchev–Trinajstić information content (AvgIpc) is 2.61. The monoisotopic (exact) mass is 401 g/mol. The van der Waals surface area contributed by atoms with Crippen molar-refractivity contribution in [1.29, 1.82) is 5.26 Å². The molecule has 0 saturated heterocycles. The van der Waals surface area contributed by atoms with Crippen LogP contribution >= 0.6 is 23.2 Å². The summed E-state index contributed by atoms with van der Waals surface area (Å²) < 4.78 is 25.5.